The molecule has 2 aliphatic rings. The molecule has 3 aromatic rings. The van der Waals surface area contributed by atoms with Crippen LogP contribution in [0, 0.1) is 0 Å². The Morgan fingerprint density at radius 2 is 2.09 bits per heavy atom. The van der Waals surface area contributed by atoms with Crippen molar-refractivity contribution in [2.24, 2.45) is 7.05 Å². The summed E-state index contributed by atoms with van der Waals surface area (Å²) in [6.07, 6.45) is 2.21. The van der Waals surface area contributed by atoms with Crippen LogP contribution in [0.3, 0.4) is 0 Å². The van der Waals surface area contributed by atoms with Gasteiger partial charge in [-0.15, -0.1) is 0 Å². The number of aryl methyl sites for hydroxylation is 1. The molecule has 1 saturated heterocycles. The van der Waals surface area contributed by atoms with Crippen molar-refractivity contribution in [3.63, 3.8) is 0 Å². The van der Waals surface area contributed by atoms with Crippen molar-refractivity contribution < 1.29 is 18.3 Å². The van der Waals surface area contributed by atoms with Crippen LogP contribution in [-0.2, 0) is 36.0 Å². The maximum atomic E-state index is 14.2. The monoisotopic (exact) mass is 484 g/mol. The Bertz CT molecular complexity index is 1260. The van der Waals surface area contributed by atoms with Crippen LogP contribution in [0.4, 0.5) is 20.3 Å². The predicted molar refractivity (Wildman–Crippen MR) is 128 cm³/mol. The highest BCUT2D eigenvalue weighted by Gasteiger charge is 2.33. The van der Waals surface area contributed by atoms with Crippen LogP contribution in [0.15, 0.2) is 24.5 Å². The van der Waals surface area contributed by atoms with Gasteiger partial charge in [-0.25, -0.2) is 8.78 Å². The number of hydrogen-bond donors (Lipinski definition) is 0. The average molecular weight is 485 g/mol. The zero-order valence-corrected chi connectivity index (χ0v) is 20.5. The first kappa shape index (κ1) is 23.5. The van der Waals surface area contributed by atoms with E-state index in [2.05, 4.69) is 12.0 Å². The molecule has 0 aliphatic carbocycles. The van der Waals surface area contributed by atoms with Crippen LogP contribution in [-0.4, -0.2) is 57.2 Å². The number of carbonyl (C=O) groups is 1. The third-order valence-corrected chi connectivity index (χ3v) is 6.98. The summed E-state index contributed by atoms with van der Waals surface area (Å²) in [6.45, 7) is 5.83. The highest BCUT2D eigenvalue weighted by molar-refractivity contribution is 5.78. The molecule has 8 nitrogen and oxygen atoms in total. The van der Waals surface area contributed by atoms with Gasteiger partial charge in [-0.3, -0.25) is 14.2 Å². The number of alkyl halides is 2. The van der Waals surface area contributed by atoms with Gasteiger partial charge >= 0.3 is 0 Å². The maximum absolute atomic E-state index is 14.2. The first-order valence-electron chi connectivity index (χ1n) is 11.9. The molecule has 0 bridgehead atoms. The minimum Gasteiger partial charge on any atom is -0.377 e. The van der Waals surface area contributed by atoms with Crippen molar-refractivity contribution >= 4 is 17.4 Å². The lowest BCUT2D eigenvalue weighted by Gasteiger charge is -2.28. The lowest BCUT2D eigenvalue weighted by molar-refractivity contribution is -0.128. The Labute approximate surface area is 203 Å². The third-order valence-electron chi connectivity index (χ3n) is 6.98. The van der Waals surface area contributed by atoms with Gasteiger partial charge in [-0.2, -0.15) is 10.2 Å². The minimum atomic E-state index is -2.63. The molecule has 1 fully saturated rings. The molecule has 0 atom stereocenters. The lowest BCUT2D eigenvalue weighted by atomic mass is 9.98. The number of fused-ring (bicyclic) bond motifs is 1. The maximum Gasteiger partial charge on any atom is 0.264 e. The quantitative estimate of drug-likeness (QED) is 0.507. The molecule has 1 aromatic carbocycles. The fourth-order valence-corrected chi connectivity index (χ4v) is 4.92. The highest BCUT2D eigenvalue weighted by Crippen LogP contribution is 2.43. The van der Waals surface area contributed by atoms with Crippen molar-refractivity contribution in [2.45, 2.75) is 45.7 Å². The summed E-state index contributed by atoms with van der Waals surface area (Å²) >= 11 is 0. The zero-order chi connectivity index (χ0) is 24.9. The van der Waals surface area contributed by atoms with Crippen LogP contribution >= 0.6 is 0 Å². The van der Waals surface area contributed by atoms with E-state index in [1.807, 2.05) is 15.6 Å². The van der Waals surface area contributed by atoms with Crippen LogP contribution in [0.5, 0.6) is 0 Å². The molecule has 35 heavy (non-hydrogen) atoms. The van der Waals surface area contributed by atoms with Crippen molar-refractivity contribution in [3.8, 4) is 11.1 Å². The Kier molecular flexibility index (Phi) is 6.08. The van der Waals surface area contributed by atoms with E-state index in [0.29, 0.717) is 37.4 Å². The van der Waals surface area contributed by atoms with Gasteiger partial charge in [0.25, 0.3) is 6.43 Å². The van der Waals surface area contributed by atoms with Gasteiger partial charge in [0.1, 0.15) is 0 Å². The standard InChI is InChI=1S/C25H30F2N6O2/c1-5-22-21(12-30(3)15(2)34)25(29-33(22)18-13-35-14-18)32-7-6-16-8-19(17-10-28-31(4)11-17)20(24(26)27)9-23(16)32/h8-11,18,24H,5-7,12-14H2,1-4H3. The first-order valence-corrected chi connectivity index (χ1v) is 11.9. The van der Waals surface area contributed by atoms with Gasteiger partial charge in [0.2, 0.25) is 5.91 Å². The second-order valence-corrected chi connectivity index (χ2v) is 9.29. The van der Waals surface area contributed by atoms with Crippen LogP contribution in [0.2, 0.25) is 0 Å². The van der Waals surface area contributed by atoms with Crippen LogP contribution in [0.25, 0.3) is 11.1 Å². The van der Waals surface area contributed by atoms with Gasteiger partial charge in [-0.1, -0.05) is 6.92 Å². The van der Waals surface area contributed by atoms with Gasteiger partial charge in [0.15, 0.2) is 5.82 Å². The van der Waals surface area contributed by atoms with Crippen molar-refractivity contribution in [3.05, 3.63) is 46.9 Å². The summed E-state index contributed by atoms with van der Waals surface area (Å²) in [5.74, 6) is 0.690. The van der Waals surface area contributed by atoms with E-state index in [0.717, 1.165) is 41.2 Å². The number of nitrogens with zero attached hydrogens (tertiary/aromatic N) is 6. The second kappa shape index (κ2) is 9.07. The van der Waals surface area contributed by atoms with E-state index >= 15 is 0 Å². The van der Waals surface area contributed by atoms with E-state index in [1.54, 1.807) is 42.1 Å². The van der Waals surface area contributed by atoms with Crippen molar-refractivity contribution in [1.82, 2.24) is 24.5 Å². The third kappa shape index (κ3) is 4.09. The number of benzene rings is 1. The molecule has 4 heterocycles. The number of hydrogen-bond acceptors (Lipinski definition) is 5. The van der Waals surface area contributed by atoms with Crippen LogP contribution in [0.1, 0.15) is 48.7 Å². The number of amides is 1. The number of carbonyl (C=O) groups excluding carboxylic acids is 1. The molecule has 0 radical (unpaired) electrons. The smallest absolute Gasteiger partial charge is 0.264 e. The number of anilines is 2. The average Bonchev–Trinajstić information content (AvgIpc) is 3.48. The number of aromatic nitrogens is 4. The number of halogens is 2. The fraction of sp³-hybridized carbons (Fsp3) is 0.480. The number of ether oxygens (including phenoxy) is 1. The SMILES string of the molecule is CCc1c(CN(C)C(C)=O)c(N2CCc3cc(-c4cnn(C)c4)c(C(F)F)cc32)nn1C1COC1. The van der Waals surface area contributed by atoms with Gasteiger partial charge in [0, 0.05) is 61.8 Å². The van der Waals surface area contributed by atoms with Gasteiger partial charge in [0.05, 0.1) is 32.0 Å². The van der Waals surface area contributed by atoms with E-state index in [4.69, 9.17) is 9.84 Å². The number of rotatable bonds is 7. The molecule has 0 spiro atoms. The molecule has 2 aliphatic heterocycles. The normalized spacial score (nSPS) is 15.6. The molecular formula is C25H30F2N6O2. The van der Waals surface area contributed by atoms with E-state index in [1.165, 1.54) is 6.92 Å². The minimum absolute atomic E-state index is 0.0198. The molecule has 2 aromatic heterocycles. The Morgan fingerprint density at radius 1 is 1.31 bits per heavy atom. The van der Waals surface area contributed by atoms with Crippen molar-refractivity contribution in [1.29, 1.82) is 0 Å². The molecule has 1 amide bonds. The van der Waals surface area contributed by atoms with E-state index in [9.17, 15) is 13.6 Å². The summed E-state index contributed by atoms with van der Waals surface area (Å²) in [5.41, 5.74) is 4.92. The summed E-state index contributed by atoms with van der Waals surface area (Å²) in [6, 6.07) is 3.61. The summed E-state index contributed by atoms with van der Waals surface area (Å²) in [4.78, 5) is 15.8. The second-order valence-electron chi connectivity index (χ2n) is 9.29. The van der Waals surface area contributed by atoms with Crippen LogP contribution < -0.4 is 4.90 Å². The zero-order valence-electron chi connectivity index (χ0n) is 20.5. The highest BCUT2D eigenvalue weighted by atomic mass is 19.3. The molecule has 0 saturated carbocycles. The molecule has 5 rings (SSSR count). The Balaban J connectivity index is 1.62. The predicted octanol–water partition coefficient (Wildman–Crippen LogP) is 4.03. The fourth-order valence-electron chi connectivity index (χ4n) is 4.92. The Hall–Kier alpha value is -3.27. The van der Waals surface area contributed by atoms with Gasteiger partial charge in [-0.05, 0) is 36.1 Å². The lowest BCUT2D eigenvalue weighted by Crippen LogP contribution is -2.32. The molecule has 0 unspecified atom stereocenters. The van der Waals surface area contributed by atoms with Gasteiger partial charge < -0.3 is 14.5 Å². The topological polar surface area (TPSA) is 68.4 Å². The first-order chi connectivity index (χ1) is 16.8. The van der Waals surface area contributed by atoms with E-state index < -0.39 is 6.43 Å². The summed E-state index contributed by atoms with van der Waals surface area (Å²) in [5, 5.41) is 9.14. The van der Waals surface area contributed by atoms with E-state index in [-0.39, 0.29) is 17.5 Å². The van der Waals surface area contributed by atoms with Crippen molar-refractivity contribution in [2.75, 3.05) is 31.7 Å². The molecule has 10 heteroatoms. The summed E-state index contributed by atoms with van der Waals surface area (Å²) < 4.78 is 37.5. The molecular weight excluding hydrogens is 454 g/mol. The largest absolute Gasteiger partial charge is 0.377 e. The molecule has 0 N–H and O–H groups in total. The summed E-state index contributed by atoms with van der Waals surface area (Å²) in [7, 11) is 3.54. The molecule has 186 valence electrons. The Morgan fingerprint density at radius 3 is 2.66 bits per heavy atom.